The molecule has 0 aliphatic rings. The van der Waals surface area contributed by atoms with Gasteiger partial charge in [0, 0.05) is 6.54 Å². The molecule has 2 N–H and O–H groups in total. The number of aliphatic hydroxyl groups excluding tert-OH is 1. The molecule has 2 aromatic carbocycles. The van der Waals surface area contributed by atoms with Crippen LogP contribution in [-0.2, 0) is 0 Å². The molecule has 1 unspecified atom stereocenters. The Bertz CT molecular complexity index is 516. The Hall–Kier alpha value is -1.94. The number of rotatable bonds is 4. The van der Waals surface area contributed by atoms with Crippen LogP contribution < -0.4 is 5.32 Å². The quantitative estimate of drug-likeness (QED) is 0.872. The lowest BCUT2D eigenvalue weighted by atomic mass is 10.1. The number of benzene rings is 2. The van der Waals surface area contributed by atoms with Gasteiger partial charge in [-0.15, -0.1) is 0 Å². The Morgan fingerprint density at radius 3 is 2.50 bits per heavy atom. The second-order valence-electron chi connectivity index (χ2n) is 3.93. The Kier molecular flexibility index (Phi) is 3.89. The van der Waals surface area contributed by atoms with Crippen molar-refractivity contribution >= 4 is 5.69 Å². The van der Waals surface area contributed by atoms with Crippen LogP contribution >= 0.6 is 0 Å². The third kappa shape index (κ3) is 3.05. The Morgan fingerprint density at radius 2 is 1.78 bits per heavy atom. The minimum Gasteiger partial charge on any atom is -0.387 e. The third-order valence-corrected chi connectivity index (χ3v) is 2.60. The molecule has 0 heterocycles. The van der Waals surface area contributed by atoms with E-state index in [9.17, 15) is 13.9 Å². The zero-order valence-electron chi connectivity index (χ0n) is 9.61. The van der Waals surface area contributed by atoms with Gasteiger partial charge in [0.1, 0.15) is 11.6 Å². The van der Waals surface area contributed by atoms with Crippen LogP contribution in [0.4, 0.5) is 14.5 Å². The normalized spacial score (nSPS) is 12.2. The van der Waals surface area contributed by atoms with Crippen molar-refractivity contribution in [3.8, 4) is 0 Å². The molecule has 2 aromatic rings. The van der Waals surface area contributed by atoms with Crippen LogP contribution in [0.15, 0.2) is 48.5 Å². The van der Waals surface area contributed by atoms with Gasteiger partial charge in [0.2, 0.25) is 0 Å². The summed E-state index contributed by atoms with van der Waals surface area (Å²) >= 11 is 0. The van der Waals surface area contributed by atoms with E-state index >= 15 is 0 Å². The predicted molar refractivity (Wildman–Crippen MR) is 66.2 cm³/mol. The Morgan fingerprint density at radius 1 is 1.06 bits per heavy atom. The van der Waals surface area contributed by atoms with Gasteiger partial charge in [-0.2, -0.15) is 0 Å². The summed E-state index contributed by atoms with van der Waals surface area (Å²) in [6.07, 6.45) is -0.770. The van der Waals surface area contributed by atoms with Gasteiger partial charge in [-0.1, -0.05) is 30.3 Å². The highest BCUT2D eigenvalue weighted by atomic mass is 19.1. The smallest absolute Gasteiger partial charge is 0.146 e. The molecule has 0 bridgehead atoms. The van der Waals surface area contributed by atoms with E-state index in [-0.39, 0.29) is 12.2 Å². The minimum atomic E-state index is -0.770. The zero-order chi connectivity index (χ0) is 13.0. The molecule has 2 rings (SSSR count). The molecule has 0 aromatic heterocycles. The monoisotopic (exact) mass is 249 g/mol. The van der Waals surface area contributed by atoms with Crippen molar-refractivity contribution in [3.63, 3.8) is 0 Å². The maximum Gasteiger partial charge on any atom is 0.146 e. The molecule has 0 aliphatic carbocycles. The Labute approximate surface area is 104 Å². The molecule has 0 aliphatic heterocycles. The van der Waals surface area contributed by atoms with Crippen molar-refractivity contribution in [2.24, 2.45) is 0 Å². The molecule has 0 fully saturated rings. The van der Waals surface area contributed by atoms with Gasteiger partial charge in [0.05, 0.1) is 11.8 Å². The van der Waals surface area contributed by atoms with Gasteiger partial charge in [-0.3, -0.25) is 0 Å². The predicted octanol–water partition coefficient (Wildman–Crippen LogP) is 3.11. The molecule has 0 saturated carbocycles. The third-order valence-electron chi connectivity index (χ3n) is 2.60. The lowest BCUT2D eigenvalue weighted by Crippen LogP contribution is -2.13. The van der Waals surface area contributed by atoms with E-state index in [1.54, 1.807) is 24.3 Å². The number of anilines is 1. The topological polar surface area (TPSA) is 32.3 Å². The summed E-state index contributed by atoms with van der Waals surface area (Å²) in [4.78, 5) is 0. The number of aliphatic hydroxyl groups is 1. The van der Waals surface area contributed by atoms with Gasteiger partial charge in [0.25, 0.3) is 0 Å². The summed E-state index contributed by atoms with van der Waals surface area (Å²) in [7, 11) is 0. The van der Waals surface area contributed by atoms with Crippen molar-refractivity contribution in [1.29, 1.82) is 0 Å². The van der Waals surface area contributed by atoms with Gasteiger partial charge < -0.3 is 10.4 Å². The van der Waals surface area contributed by atoms with E-state index in [0.29, 0.717) is 0 Å². The zero-order valence-corrected chi connectivity index (χ0v) is 9.61. The first kappa shape index (κ1) is 12.5. The maximum absolute atomic E-state index is 13.3. The van der Waals surface area contributed by atoms with E-state index in [0.717, 1.165) is 23.8 Å². The van der Waals surface area contributed by atoms with Crippen molar-refractivity contribution in [3.05, 3.63) is 65.7 Å². The molecule has 2 nitrogen and oxygen atoms in total. The second-order valence-corrected chi connectivity index (χ2v) is 3.93. The summed E-state index contributed by atoms with van der Waals surface area (Å²) in [5.41, 5.74) is 0.770. The van der Waals surface area contributed by atoms with Crippen molar-refractivity contribution in [1.82, 2.24) is 0 Å². The molecule has 0 radical (unpaired) electrons. The average Bonchev–Trinajstić information content (AvgIpc) is 2.40. The van der Waals surface area contributed by atoms with E-state index in [2.05, 4.69) is 5.32 Å². The highest BCUT2D eigenvalue weighted by Gasteiger charge is 2.08. The molecule has 0 spiro atoms. The summed E-state index contributed by atoms with van der Waals surface area (Å²) in [6.45, 7) is 0.115. The van der Waals surface area contributed by atoms with Gasteiger partial charge in [0.15, 0.2) is 0 Å². The van der Waals surface area contributed by atoms with Gasteiger partial charge in [-0.25, -0.2) is 8.78 Å². The average molecular weight is 249 g/mol. The summed E-state index contributed by atoms with van der Waals surface area (Å²) < 4.78 is 26.2. The van der Waals surface area contributed by atoms with E-state index < -0.39 is 17.7 Å². The molecule has 1 atom stereocenters. The standard InChI is InChI=1S/C14H13F2NO/c15-11-6-7-12(16)13(8-11)17-9-14(18)10-4-2-1-3-5-10/h1-8,14,17-18H,9H2. The summed E-state index contributed by atoms with van der Waals surface area (Å²) in [6, 6.07) is 12.2. The number of hydrogen-bond donors (Lipinski definition) is 2. The first-order valence-electron chi connectivity index (χ1n) is 5.59. The maximum atomic E-state index is 13.3. The molecular weight excluding hydrogens is 236 g/mol. The van der Waals surface area contributed by atoms with Crippen LogP contribution in [0.3, 0.4) is 0 Å². The second kappa shape index (κ2) is 5.60. The van der Waals surface area contributed by atoms with Crippen LogP contribution in [0.25, 0.3) is 0 Å². The largest absolute Gasteiger partial charge is 0.387 e. The molecule has 4 heteroatoms. The molecule has 0 saturated heterocycles. The van der Waals surface area contributed by atoms with Crippen LogP contribution in [0.5, 0.6) is 0 Å². The van der Waals surface area contributed by atoms with Crippen LogP contribution in [0, 0.1) is 11.6 Å². The highest BCUT2D eigenvalue weighted by Crippen LogP contribution is 2.18. The highest BCUT2D eigenvalue weighted by molar-refractivity contribution is 5.45. The first-order valence-corrected chi connectivity index (χ1v) is 5.59. The SMILES string of the molecule is OC(CNc1cc(F)ccc1F)c1ccccc1. The van der Waals surface area contributed by atoms with Crippen LogP contribution in [-0.4, -0.2) is 11.7 Å². The number of halogens is 2. The van der Waals surface area contributed by atoms with E-state index in [4.69, 9.17) is 0 Å². The lowest BCUT2D eigenvalue weighted by Gasteiger charge is -2.13. The number of nitrogens with one attached hydrogen (secondary N) is 1. The number of hydrogen-bond acceptors (Lipinski definition) is 2. The minimum absolute atomic E-state index is 0.0463. The van der Waals surface area contributed by atoms with Gasteiger partial charge in [-0.05, 0) is 23.8 Å². The van der Waals surface area contributed by atoms with E-state index in [1.165, 1.54) is 0 Å². The van der Waals surface area contributed by atoms with Gasteiger partial charge >= 0.3 is 0 Å². The summed E-state index contributed by atoms with van der Waals surface area (Å²) in [5.74, 6) is -1.07. The van der Waals surface area contributed by atoms with Crippen molar-refractivity contribution in [2.75, 3.05) is 11.9 Å². The molecular formula is C14H13F2NO. The summed E-state index contributed by atoms with van der Waals surface area (Å²) in [5, 5.41) is 12.6. The van der Waals surface area contributed by atoms with Crippen molar-refractivity contribution in [2.45, 2.75) is 6.10 Å². The fraction of sp³-hybridized carbons (Fsp3) is 0.143. The van der Waals surface area contributed by atoms with Crippen LogP contribution in [0.1, 0.15) is 11.7 Å². The fourth-order valence-electron chi connectivity index (χ4n) is 1.63. The molecule has 94 valence electrons. The Balaban J connectivity index is 2.01. The fourth-order valence-corrected chi connectivity index (χ4v) is 1.63. The first-order chi connectivity index (χ1) is 8.66. The van der Waals surface area contributed by atoms with Crippen molar-refractivity contribution < 1.29 is 13.9 Å². The molecule has 18 heavy (non-hydrogen) atoms. The van der Waals surface area contributed by atoms with Crippen LogP contribution in [0.2, 0.25) is 0 Å². The molecule has 0 amide bonds. The van der Waals surface area contributed by atoms with E-state index in [1.807, 2.05) is 6.07 Å². The lowest BCUT2D eigenvalue weighted by molar-refractivity contribution is 0.191.